The van der Waals surface area contributed by atoms with Crippen molar-refractivity contribution in [3.63, 3.8) is 0 Å². The minimum atomic E-state index is -1.64. The van der Waals surface area contributed by atoms with Gasteiger partial charge in [-0.25, -0.2) is 4.79 Å². The summed E-state index contributed by atoms with van der Waals surface area (Å²) < 4.78 is 23.2. The SMILES string of the molecule is CC(=O)O[C@H]1C[C@]2(O)[C@@H]3CC[C@]4(O[C@@H]5O[C@H](CO)[C@@H](O)[C@H](O)[C@H]5O)C=CCC[C@]4(C=O)[C@H]3CC[C@]2(C)[C@H]1c1ccc(=O)oc1. The van der Waals surface area contributed by atoms with Gasteiger partial charge in [0.15, 0.2) is 6.29 Å². The Hall–Kier alpha value is -2.45. The predicted molar refractivity (Wildman–Crippen MR) is 151 cm³/mol. The maximum absolute atomic E-state index is 13.4. The van der Waals surface area contributed by atoms with Crippen molar-refractivity contribution in [2.24, 2.45) is 22.7 Å². The van der Waals surface area contributed by atoms with Gasteiger partial charge in [0, 0.05) is 30.7 Å². The molecule has 1 aromatic rings. The van der Waals surface area contributed by atoms with Gasteiger partial charge in [-0.3, -0.25) is 4.79 Å². The molecule has 0 unspecified atom stereocenters. The number of esters is 1. The largest absolute Gasteiger partial charge is 0.462 e. The van der Waals surface area contributed by atoms with E-state index in [1.54, 1.807) is 6.07 Å². The maximum atomic E-state index is 13.4. The van der Waals surface area contributed by atoms with E-state index in [-0.39, 0.29) is 24.7 Å². The second-order valence-electron chi connectivity index (χ2n) is 13.7. The van der Waals surface area contributed by atoms with Gasteiger partial charge in [0.1, 0.15) is 42.4 Å². The summed E-state index contributed by atoms with van der Waals surface area (Å²) in [6, 6.07) is 2.96. The lowest BCUT2D eigenvalue weighted by Gasteiger charge is -2.65. The Morgan fingerprint density at radius 3 is 2.50 bits per heavy atom. The Balaban J connectivity index is 1.38. The monoisotopic (exact) mass is 618 g/mol. The van der Waals surface area contributed by atoms with Crippen LogP contribution in [0.25, 0.3) is 0 Å². The molecule has 13 atom stereocenters. The van der Waals surface area contributed by atoms with E-state index in [0.29, 0.717) is 37.7 Å². The van der Waals surface area contributed by atoms with Crippen LogP contribution in [0.4, 0.5) is 0 Å². The first-order valence-electron chi connectivity index (χ1n) is 15.5. The lowest BCUT2D eigenvalue weighted by Crippen LogP contribution is -2.69. The molecule has 242 valence electrons. The number of rotatable bonds is 6. The number of aldehydes is 1. The van der Waals surface area contributed by atoms with Crippen LogP contribution in [-0.2, 0) is 23.8 Å². The van der Waals surface area contributed by atoms with Crippen molar-refractivity contribution in [1.29, 1.82) is 0 Å². The van der Waals surface area contributed by atoms with Gasteiger partial charge in [-0.2, -0.15) is 0 Å². The van der Waals surface area contributed by atoms with Crippen molar-refractivity contribution >= 4 is 12.3 Å². The number of allylic oxidation sites excluding steroid dienone is 1. The summed E-state index contributed by atoms with van der Waals surface area (Å²) in [6.45, 7) is 2.68. The van der Waals surface area contributed by atoms with Crippen LogP contribution in [0.5, 0.6) is 0 Å². The van der Waals surface area contributed by atoms with E-state index in [9.17, 15) is 39.9 Å². The predicted octanol–water partition coefficient (Wildman–Crippen LogP) is 0.707. The van der Waals surface area contributed by atoms with E-state index in [1.807, 2.05) is 19.1 Å². The van der Waals surface area contributed by atoms with E-state index in [4.69, 9.17) is 18.6 Å². The van der Waals surface area contributed by atoms with Gasteiger partial charge in [0.05, 0.1) is 23.9 Å². The number of carbonyl (C=O) groups excluding carboxylic acids is 2. The van der Waals surface area contributed by atoms with E-state index < -0.39 is 83.0 Å². The molecule has 0 amide bonds. The molecule has 44 heavy (non-hydrogen) atoms. The van der Waals surface area contributed by atoms with E-state index in [1.165, 1.54) is 19.3 Å². The minimum absolute atomic E-state index is 0.138. The molecule has 5 aliphatic rings. The Kier molecular flexibility index (Phi) is 7.96. The third-order valence-electron chi connectivity index (χ3n) is 11.8. The summed E-state index contributed by atoms with van der Waals surface area (Å²) >= 11 is 0. The Morgan fingerprint density at radius 2 is 1.84 bits per heavy atom. The van der Waals surface area contributed by atoms with Crippen LogP contribution in [-0.4, -0.2) is 92.4 Å². The van der Waals surface area contributed by atoms with Crippen LogP contribution in [0.2, 0.25) is 0 Å². The number of ether oxygens (including phenoxy) is 3. The van der Waals surface area contributed by atoms with Gasteiger partial charge in [0.2, 0.25) is 0 Å². The molecule has 12 nitrogen and oxygen atoms in total. The van der Waals surface area contributed by atoms with Crippen molar-refractivity contribution < 1.29 is 53.7 Å². The first-order chi connectivity index (χ1) is 20.9. The summed E-state index contributed by atoms with van der Waals surface area (Å²) in [6.07, 6.45) is 0.755. The fourth-order valence-electron chi connectivity index (χ4n) is 9.76. The second-order valence-corrected chi connectivity index (χ2v) is 13.7. The maximum Gasteiger partial charge on any atom is 0.335 e. The molecule has 0 aromatic carbocycles. The highest BCUT2D eigenvalue weighted by molar-refractivity contribution is 5.67. The van der Waals surface area contributed by atoms with Crippen LogP contribution >= 0.6 is 0 Å². The molecule has 5 N–H and O–H groups in total. The molecule has 1 aliphatic heterocycles. The molecule has 2 heterocycles. The molecule has 1 saturated heterocycles. The third-order valence-corrected chi connectivity index (χ3v) is 11.8. The molecular formula is C32H42O12. The molecule has 6 rings (SSSR count). The zero-order valence-corrected chi connectivity index (χ0v) is 24.9. The summed E-state index contributed by atoms with van der Waals surface area (Å²) in [5.41, 5.74) is -4.39. The highest BCUT2D eigenvalue weighted by Gasteiger charge is 2.73. The Morgan fingerprint density at radius 1 is 1.09 bits per heavy atom. The smallest absolute Gasteiger partial charge is 0.335 e. The van der Waals surface area contributed by atoms with Crippen molar-refractivity contribution in [3.8, 4) is 0 Å². The third kappa shape index (κ3) is 4.40. The lowest BCUT2D eigenvalue weighted by molar-refractivity contribution is -0.343. The first-order valence-corrected chi connectivity index (χ1v) is 15.5. The lowest BCUT2D eigenvalue weighted by atomic mass is 9.42. The van der Waals surface area contributed by atoms with Gasteiger partial charge in [-0.15, -0.1) is 0 Å². The van der Waals surface area contributed by atoms with Gasteiger partial charge in [-0.1, -0.05) is 19.1 Å². The Labute approximate surface area is 254 Å². The summed E-state index contributed by atoms with van der Waals surface area (Å²) in [5.74, 6) is -1.69. The van der Waals surface area contributed by atoms with Gasteiger partial charge in [-0.05, 0) is 62.0 Å². The number of carbonyl (C=O) groups is 2. The van der Waals surface area contributed by atoms with Gasteiger partial charge in [0.25, 0.3) is 0 Å². The number of hydrogen-bond donors (Lipinski definition) is 5. The van der Waals surface area contributed by atoms with Crippen molar-refractivity contribution in [2.45, 2.75) is 113 Å². The fraction of sp³-hybridized carbons (Fsp3) is 0.719. The molecule has 0 spiro atoms. The second kappa shape index (κ2) is 11.1. The topological polar surface area (TPSA) is 193 Å². The standard InChI is InChI=1S/C32H42O12/c1-17(35)42-21-13-32(40)20-8-12-31(44-28-27(39)26(38)25(37)22(14-33)43-28)10-4-3-9-30(31,16-34)19(20)7-11-29(32,2)24(21)18-5-6-23(36)41-15-18/h4-6,10,15-16,19-22,24-28,33,37-40H,3,7-9,11-14H2,1-2H3/t19-,20+,21-,22+,24-,25+,26-,27+,28-,29+,30-,31+,32-/m0/s1. The van der Waals surface area contributed by atoms with E-state index in [0.717, 1.165) is 6.29 Å². The fourth-order valence-corrected chi connectivity index (χ4v) is 9.76. The average molecular weight is 619 g/mol. The average Bonchev–Trinajstić information content (AvgIpc) is 3.23. The molecular weight excluding hydrogens is 576 g/mol. The normalized spacial score (nSPS) is 48.1. The zero-order chi connectivity index (χ0) is 31.7. The van der Waals surface area contributed by atoms with E-state index in [2.05, 4.69) is 0 Å². The molecule has 0 radical (unpaired) electrons. The summed E-state index contributed by atoms with van der Waals surface area (Å²) in [7, 11) is 0. The van der Waals surface area contributed by atoms with Crippen LogP contribution in [0.3, 0.4) is 0 Å². The summed E-state index contributed by atoms with van der Waals surface area (Å²) in [5, 5.41) is 54.1. The summed E-state index contributed by atoms with van der Waals surface area (Å²) in [4.78, 5) is 37.4. The zero-order valence-electron chi connectivity index (χ0n) is 24.9. The van der Waals surface area contributed by atoms with Crippen molar-refractivity contribution in [3.05, 3.63) is 46.5 Å². The van der Waals surface area contributed by atoms with Crippen LogP contribution in [0.1, 0.15) is 70.3 Å². The Bertz CT molecular complexity index is 1340. The quantitative estimate of drug-likeness (QED) is 0.130. The number of aliphatic hydroxyl groups excluding tert-OH is 4. The van der Waals surface area contributed by atoms with E-state index >= 15 is 0 Å². The molecule has 4 fully saturated rings. The molecule has 3 saturated carbocycles. The van der Waals surface area contributed by atoms with Crippen molar-refractivity contribution in [2.75, 3.05) is 6.61 Å². The van der Waals surface area contributed by atoms with Gasteiger partial charge < -0.3 is 49.0 Å². The highest BCUT2D eigenvalue weighted by Crippen LogP contribution is 2.71. The molecule has 0 bridgehead atoms. The molecule has 1 aromatic heterocycles. The molecule has 12 heteroatoms. The van der Waals surface area contributed by atoms with Crippen molar-refractivity contribution in [1.82, 2.24) is 0 Å². The first kappa shape index (κ1) is 31.5. The van der Waals surface area contributed by atoms with Crippen LogP contribution < -0.4 is 5.63 Å². The minimum Gasteiger partial charge on any atom is -0.462 e. The number of fused-ring (bicyclic) bond motifs is 5. The van der Waals surface area contributed by atoms with Crippen LogP contribution in [0.15, 0.2) is 39.8 Å². The van der Waals surface area contributed by atoms with Gasteiger partial charge >= 0.3 is 11.6 Å². The van der Waals surface area contributed by atoms with Crippen LogP contribution in [0, 0.1) is 22.7 Å². The molecule has 4 aliphatic carbocycles. The number of aliphatic hydroxyl groups is 5. The highest BCUT2D eigenvalue weighted by atomic mass is 16.7. The number of hydrogen-bond acceptors (Lipinski definition) is 12.